The molecule has 0 spiro atoms. The third kappa shape index (κ3) is 5.17. The van der Waals surface area contributed by atoms with E-state index in [0.29, 0.717) is 17.0 Å². The number of benzene rings is 2. The molecule has 2 aromatic carbocycles. The molecule has 6 nitrogen and oxygen atoms in total. The molecular formula is C21H21NO5. The van der Waals surface area contributed by atoms with Crippen LogP contribution in [0.15, 0.2) is 42.5 Å². The van der Waals surface area contributed by atoms with Crippen molar-refractivity contribution < 1.29 is 24.2 Å². The number of ketones is 1. The van der Waals surface area contributed by atoms with Gasteiger partial charge in [0.05, 0.1) is 0 Å². The third-order valence-corrected chi connectivity index (χ3v) is 4.50. The quantitative estimate of drug-likeness (QED) is 0.699. The molecule has 140 valence electrons. The van der Waals surface area contributed by atoms with E-state index in [2.05, 4.69) is 5.32 Å². The summed E-state index contributed by atoms with van der Waals surface area (Å²) in [5.74, 6) is -0.927. The first-order valence-electron chi connectivity index (χ1n) is 8.91. The molecule has 0 aliphatic heterocycles. The highest BCUT2D eigenvalue weighted by Crippen LogP contribution is 2.23. The SMILES string of the molecule is O=C(O)COc1ccc(NC(=O)CCC(=O)c2ccc3c(c2)CCC3)cc1. The summed E-state index contributed by atoms with van der Waals surface area (Å²) in [6.07, 6.45) is 3.49. The second-order valence-corrected chi connectivity index (χ2v) is 6.52. The van der Waals surface area contributed by atoms with Gasteiger partial charge < -0.3 is 15.2 Å². The van der Waals surface area contributed by atoms with E-state index in [-0.39, 0.29) is 24.5 Å². The molecule has 1 aliphatic carbocycles. The molecule has 2 aromatic rings. The fourth-order valence-electron chi connectivity index (χ4n) is 3.12. The van der Waals surface area contributed by atoms with E-state index >= 15 is 0 Å². The number of hydrogen-bond acceptors (Lipinski definition) is 4. The van der Waals surface area contributed by atoms with Crippen LogP contribution in [0.4, 0.5) is 5.69 Å². The Morgan fingerprint density at radius 3 is 2.44 bits per heavy atom. The van der Waals surface area contributed by atoms with Crippen LogP contribution in [0.3, 0.4) is 0 Å². The van der Waals surface area contributed by atoms with E-state index in [1.807, 2.05) is 18.2 Å². The number of rotatable bonds is 8. The number of amides is 1. The molecule has 6 heteroatoms. The lowest BCUT2D eigenvalue weighted by Crippen LogP contribution is -2.13. The van der Waals surface area contributed by atoms with Crippen LogP contribution in [0.5, 0.6) is 5.75 Å². The van der Waals surface area contributed by atoms with E-state index < -0.39 is 12.6 Å². The van der Waals surface area contributed by atoms with Crippen molar-refractivity contribution in [3.8, 4) is 5.75 Å². The van der Waals surface area contributed by atoms with Gasteiger partial charge in [-0.3, -0.25) is 9.59 Å². The number of hydrogen-bond donors (Lipinski definition) is 2. The standard InChI is InChI=1S/C21H21NO5/c23-19(16-5-4-14-2-1-3-15(14)12-16)10-11-20(24)22-17-6-8-18(9-7-17)27-13-21(25)26/h4-9,12H,1-3,10-11,13H2,(H,22,24)(H,25,26). The monoisotopic (exact) mass is 367 g/mol. The van der Waals surface area contributed by atoms with Crippen molar-refractivity contribution in [3.05, 3.63) is 59.2 Å². The summed E-state index contributed by atoms with van der Waals surface area (Å²) < 4.78 is 5.03. The van der Waals surface area contributed by atoms with Gasteiger partial charge in [0.2, 0.25) is 5.91 Å². The van der Waals surface area contributed by atoms with Gasteiger partial charge in [0.25, 0.3) is 0 Å². The zero-order valence-corrected chi connectivity index (χ0v) is 14.9. The molecule has 0 bridgehead atoms. The van der Waals surface area contributed by atoms with E-state index in [9.17, 15) is 14.4 Å². The maximum atomic E-state index is 12.3. The van der Waals surface area contributed by atoms with Crippen molar-refractivity contribution in [3.63, 3.8) is 0 Å². The van der Waals surface area contributed by atoms with Crippen LogP contribution in [-0.2, 0) is 22.4 Å². The Morgan fingerprint density at radius 1 is 0.963 bits per heavy atom. The molecule has 0 heterocycles. The minimum Gasteiger partial charge on any atom is -0.482 e. The topological polar surface area (TPSA) is 92.7 Å². The highest BCUT2D eigenvalue weighted by Gasteiger charge is 2.15. The number of carboxylic acids is 1. The number of aryl methyl sites for hydroxylation is 2. The Balaban J connectivity index is 1.48. The second kappa shape index (κ2) is 8.49. The number of aliphatic carboxylic acids is 1. The number of nitrogens with one attached hydrogen (secondary N) is 1. The summed E-state index contributed by atoms with van der Waals surface area (Å²) in [5, 5.41) is 11.3. The summed E-state index contributed by atoms with van der Waals surface area (Å²) in [7, 11) is 0. The molecule has 27 heavy (non-hydrogen) atoms. The number of carbonyl (C=O) groups excluding carboxylic acids is 2. The number of carboxylic acid groups (broad SMARTS) is 1. The van der Waals surface area contributed by atoms with Crippen molar-refractivity contribution in [1.82, 2.24) is 0 Å². The van der Waals surface area contributed by atoms with Gasteiger partial charge in [-0.25, -0.2) is 4.79 Å². The number of ether oxygens (including phenoxy) is 1. The zero-order chi connectivity index (χ0) is 19.2. The first-order valence-corrected chi connectivity index (χ1v) is 8.91. The van der Waals surface area contributed by atoms with Crippen molar-refractivity contribution in [2.45, 2.75) is 32.1 Å². The predicted molar refractivity (Wildman–Crippen MR) is 100 cm³/mol. The molecule has 0 radical (unpaired) electrons. The second-order valence-electron chi connectivity index (χ2n) is 6.52. The summed E-state index contributed by atoms with van der Waals surface area (Å²) in [4.78, 5) is 34.9. The van der Waals surface area contributed by atoms with Crippen molar-refractivity contribution in [2.24, 2.45) is 0 Å². The minimum atomic E-state index is -1.06. The van der Waals surface area contributed by atoms with Crippen LogP contribution in [0, 0.1) is 0 Å². The molecule has 0 saturated heterocycles. The van der Waals surface area contributed by atoms with E-state index in [4.69, 9.17) is 9.84 Å². The van der Waals surface area contributed by atoms with Gasteiger partial charge in [0.15, 0.2) is 12.4 Å². The number of anilines is 1. The Labute approximate surface area is 157 Å². The van der Waals surface area contributed by atoms with Gasteiger partial charge >= 0.3 is 5.97 Å². The molecular weight excluding hydrogens is 346 g/mol. The van der Waals surface area contributed by atoms with Gasteiger partial charge in [0, 0.05) is 24.1 Å². The number of carbonyl (C=O) groups is 3. The molecule has 3 rings (SSSR count). The molecule has 0 saturated carbocycles. The smallest absolute Gasteiger partial charge is 0.341 e. The molecule has 1 aliphatic rings. The van der Waals surface area contributed by atoms with E-state index in [1.54, 1.807) is 24.3 Å². The van der Waals surface area contributed by atoms with Gasteiger partial charge in [0.1, 0.15) is 5.75 Å². The largest absolute Gasteiger partial charge is 0.482 e. The summed E-state index contributed by atoms with van der Waals surface area (Å²) in [6, 6.07) is 12.2. The van der Waals surface area contributed by atoms with Crippen molar-refractivity contribution >= 4 is 23.3 Å². The van der Waals surface area contributed by atoms with Gasteiger partial charge in [-0.15, -0.1) is 0 Å². The predicted octanol–water partition coefficient (Wildman–Crippen LogP) is 3.24. The Kier molecular flexibility index (Phi) is 5.86. The molecule has 0 atom stereocenters. The third-order valence-electron chi connectivity index (χ3n) is 4.50. The maximum Gasteiger partial charge on any atom is 0.341 e. The van der Waals surface area contributed by atoms with Crippen LogP contribution in [0.2, 0.25) is 0 Å². The molecule has 1 amide bonds. The highest BCUT2D eigenvalue weighted by molar-refractivity contribution is 6.00. The van der Waals surface area contributed by atoms with Crippen LogP contribution in [-0.4, -0.2) is 29.4 Å². The average Bonchev–Trinajstić information content (AvgIpc) is 3.13. The Hall–Kier alpha value is -3.15. The van der Waals surface area contributed by atoms with Gasteiger partial charge in [-0.2, -0.15) is 0 Å². The lowest BCUT2D eigenvalue weighted by Gasteiger charge is -2.08. The number of Topliss-reactive ketones (excluding diaryl/α,β-unsaturated/α-hetero) is 1. The summed E-state index contributed by atoms with van der Waals surface area (Å²) in [5.41, 5.74) is 3.80. The molecule has 2 N–H and O–H groups in total. The summed E-state index contributed by atoms with van der Waals surface area (Å²) in [6.45, 7) is -0.420. The summed E-state index contributed by atoms with van der Waals surface area (Å²) >= 11 is 0. The minimum absolute atomic E-state index is 0.0303. The van der Waals surface area contributed by atoms with Crippen LogP contribution < -0.4 is 10.1 Å². The van der Waals surface area contributed by atoms with Gasteiger partial charge in [-0.1, -0.05) is 12.1 Å². The molecule has 0 aromatic heterocycles. The average molecular weight is 367 g/mol. The highest BCUT2D eigenvalue weighted by atomic mass is 16.5. The van der Waals surface area contributed by atoms with E-state index in [1.165, 1.54) is 11.1 Å². The van der Waals surface area contributed by atoms with Crippen LogP contribution in [0.25, 0.3) is 0 Å². The van der Waals surface area contributed by atoms with Crippen LogP contribution in [0.1, 0.15) is 40.7 Å². The fraction of sp³-hybridized carbons (Fsp3) is 0.286. The first-order chi connectivity index (χ1) is 13.0. The van der Waals surface area contributed by atoms with E-state index in [0.717, 1.165) is 19.3 Å². The first kappa shape index (κ1) is 18.6. The Bertz CT molecular complexity index is 857. The fourth-order valence-corrected chi connectivity index (χ4v) is 3.12. The zero-order valence-electron chi connectivity index (χ0n) is 14.9. The molecule has 0 fully saturated rings. The van der Waals surface area contributed by atoms with Gasteiger partial charge in [-0.05, 0) is 60.7 Å². The lowest BCUT2D eigenvalue weighted by molar-refractivity contribution is -0.139. The van der Waals surface area contributed by atoms with Crippen LogP contribution >= 0.6 is 0 Å². The lowest BCUT2D eigenvalue weighted by atomic mass is 10.0. The maximum absolute atomic E-state index is 12.3. The van der Waals surface area contributed by atoms with Crippen molar-refractivity contribution in [2.75, 3.05) is 11.9 Å². The molecule has 0 unspecified atom stereocenters. The Morgan fingerprint density at radius 2 is 1.70 bits per heavy atom. The number of fused-ring (bicyclic) bond motifs is 1. The van der Waals surface area contributed by atoms with Crippen molar-refractivity contribution in [1.29, 1.82) is 0 Å². The normalized spacial score (nSPS) is 12.3.